The summed E-state index contributed by atoms with van der Waals surface area (Å²) in [6, 6.07) is 0.519. The first-order chi connectivity index (χ1) is 6.22. The Labute approximate surface area is 76.9 Å². The fourth-order valence-electron chi connectivity index (χ4n) is 2.19. The van der Waals surface area contributed by atoms with Gasteiger partial charge in [-0.25, -0.2) is 0 Å². The van der Waals surface area contributed by atoms with Crippen molar-refractivity contribution in [2.75, 3.05) is 0 Å². The van der Waals surface area contributed by atoms with Gasteiger partial charge in [0.1, 0.15) is 6.04 Å². The fraction of sp³-hybridized carbons (Fsp3) is 0.875. The van der Waals surface area contributed by atoms with Gasteiger partial charge in [0.05, 0.1) is 0 Å². The number of carboxylic acids is 1. The molecular weight excluding hydrogens is 170 g/mol. The zero-order chi connectivity index (χ0) is 9.42. The smallest absolute Gasteiger partial charge is 0.320 e. The van der Waals surface area contributed by atoms with Crippen LogP contribution in [0.1, 0.15) is 19.8 Å². The van der Waals surface area contributed by atoms with Gasteiger partial charge < -0.3 is 5.11 Å². The molecule has 0 aromatic carbocycles. The molecule has 2 rings (SSSR count). The minimum Gasteiger partial charge on any atom is -0.480 e. The van der Waals surface area contributed by atoms with Gasteiger partial charge in [0.25, 0.3) is 0 Å². The number of hydrogen-bond donors (Lipinski definition) is 4. The Kier molecular flexibility index (Phi) is 2.23. The van der Waals surface area contributed by atoms with Crippen LogP contribution in [-0.4, -0.2) is 35.2 Å². The summed E-state index contributed by atoms with van der Waals surface area (Å²) in [5.74, 6) is -0.744. The largest absolute Gasteiger partial charge is 0.480 e. The summed E-state index contributed by atoms with van der Waals surface area (Å²) in [6.45, 7) is 2.09. The number of carboxylic acid groups (broad SMARTS) is 1. The predicted octanol–water partition coefficient (Wildman–Crippen LogP) is -0.943. The number of nitrogens with one attached hydrogen (secondary N) is 3. The molecule has 2 fully saturated rings. The zero-order valence-electron chi connectivity index (χ0n) is 7.58. The normalized spacial score (nSPS) is 43.5. The maximum atomic E-state index is 10.7. The lowest BCUT2D eigenvalue weighted by atomic mass is 10.0. The number of aliphatic carboxylic acids is 1. The van der Waals surface area contributed by atoms with Crippen molar-refractivity contribution in [2.24, 2.45) is 0 Å². The van der Waals surface area contributed by atoms with E-state index >= 15 is 0 Å². The van der Waals surface area contributed by atoms with Crippen molar-refractivity contribution in [3.8, 4) is 0 Å². The van der Waals surface area contributed by atoms with Gasteiger partial charge in [-0.1, -0.05) is 6.92 Å². The first-order valence-corrected chi connectivity index (χ1v) is 4.72. The summed E-state index contributed by atoms with van der Waals surface area (Å²) in [5, 5.41) is 11.9. The number of hydrazine groups is 1. The maximum absolute atomic E-state index is 10.7. The molecule has 4 unspecified atom stereocenters. The minimum atomic E-state index is -0.744. The Bertz CT molecular complexity index is 221. The fourth-order valence-corrected chi connectivity index (χ4v) is 2.19. The molecule has 2 aliphatic heterocycles. The molecule has 74 valence electrons. The maximum Gasteiger partial charge on any atom is 0.320 e. The molecule has 0 bridgehead atoms. The second kappa shape index (κ2) is 3.25. The molecule has 0 spiro atoms. The summed E-state index contributed by atoms with van der Waals surface area (Å²) in [6.07, 6.45) is 1.68. The van der Waals surface area contributed by atoms with Crippen molar-refractivity contribution in [3.05, 3.63) is 0 Å². The average Bonchev–Trinajstić information content (AvgIpc) is 2.60. The van der Waals surface area contributed by atoms with Crippen LogP contribution in [0.25, 0.3) is 0 Å². The SMILES string of the molecule is CCC1NNC2CC(C(=O)O)NC12. The van der Waals surface area contributed by atoms with E-state index in [0.717, 1.165) is 6.42 Å². The molecule has 0 radical (unpaired) electrons. The van der Waals surface area contributed by atoms with E-state index in [1.807, 2.05) is 0 Å². The van der Waals surface area contributed by atoms with Gasteiger partial charge in [0.2, 0.25) is 0 Å². The lowest BCUT2D eigenvalue weighted by Gasteiger charge is -2.16. The van der Waals surface area contributed by atoms with Gasteiger partial charge in [0.15, 0.2) is 0 Å². The van der Waals surface area contributed by atoms with E-state index in [1.54, 1.807) is 0 Å². The minimum absolute atomic E-state index is 0.269. The molecule has 0 saturated carbocycles. The van der Waals surface area contributed by atoms with E-state index in [2.05, 4.69) is 23.1 Å². The van der Waals surface area contributed by atoms with Crippen LogP contribution < -0.4 is 16.2 Å². The van der Waals surface area contributed by atoms with Crippen molar-refractivity contribution in [1.29, 1.82) is 0 Å². The summed E-state index contributed by atoms with van der Waals surface area (Å²) < 4.78 is 0. The van der Waals surface area contributed by atoms with Crippen molar-refractivity contribution in [2.45, 2.75) is 43.9 Å². The van der Waals surface area contributed by atoms with Crippen LogP contribution in [0.4, 0.5) is 0 Å². The predicted molar refractivity (Wildman–Crippen MR) is 47.1 cm³/mol. The first kappa shape index (κ1) is 8.93. The van der Waals surface area contributed by atoms with Crippen LogP contribution in [-0.2, 0) is 4.79 Å². The van der Waals surface area contributed by atoms with Crippen molar-refractivity contribution in [3.63, 3.8) is 0 Å². The second-order valence-electron chi connectivity index (χ2n) is 3.73. The molecular formula is C8H15N3O2. The van der Waals surface area contributed by atoms with Crippen molar-refractivity contribution in [1.82, 2.24) is 16.2 Å². The van der Waals surface area contributed by atoms with Gasteiger partial charge in [0, 0.05) is 18.1 Å². The van der Waals surface area contributed by atoms with E-state index in [1.165, 1.54) is 0 Å². The summed E-state index contributed by atoms with van der Waals surface area (Å²) in [5.41, 5.74) is 6.29. The van der Waals surface area contributed by atoms with Crippen LogP contribution >= 0.6 is 0 Å². The Morgan fingerprint density at radius 3 is 2.92 bits per heavy atom. The molecule has 13 heavy (non-hydrogen) atoms. The van der Waals surface area contributed by atoms with Crippen LogP contribution in [0.15, 0.2) is 0 Å². The molecule has 0 aromatic heterocycles. The van der Waals surface area contributed by atoms with Gasteiger partial charge in [-0.3, -0.25) is 21.0 Å². The van der Waals surface area contributed by atoms with E-state index in [-0.39, 0.29) is 18.1 Å². The molecule has 5 nitrogen and oxygen atoms in total. The number of hydrogen-bond acceptors (Lipinski definition) is 4. The number of fused-ring (bicyclic) bond motifs is 1. The molecule has 4 N–H and O–H groups in total. The Morgan fingerprint density at radius 1 is 1.54 bits per heavy atom. The van der Waals surface area contributed by atoms with Crippen LogP contribution in [0, 0.1) is 0 Å². The highest BCUT2D eigenvalue weighted by Crippen LogP contribution is 2.21. The van der Waals surface area contributed by atoms with E-state index < -0.39 is 5.97 Å². The van der Waals surface area contributed by atoms with E-state index in [0.29, 0.717) is 12.5 Å². The topological polar surface area (TPSA) is 73.4 Å². The highest BCUT2D eigenvalue weighted by Gasteiger charge is 2.44. The van der Waals surface area contributed by atoms with Gasteiger partial charge in [-0.15, -0.1) is 0 Å². The highest BCUT2D eigenvalue weighted by atomic mass is 16.4. The van der Waals surface area contributed by atoms with Crippen LogP contribution in [0.3, 0.4) is 0 Å². The summed E-state index contributed by atoms with van der Waals surface area (Å²) in [7, 11) is 0. The molecule has 0 amide bonds. The molecule has 0 aliphatic carbocycles. The van der Waals surface area contributed by atoms with Crippen molar-refractivity contribution >= 4 is 5.97 Å². The van der Waals surface area contributed by atoms with E-state index in [4.69, 9.17) is 5.11 Å². The molecule has 5 heteroatoms. The van der Waals surface area contributed by atoms with Gasteiger partial charge in [-0.05, 0) is 12.8 Å². The van der Waals surface area contributed by atoms with Gasteiger partial charge >= 0.3 is 5.97 Å². The Morgan fingerprint density at radius 2 is 2.31 bits per heavy atom. The zero-order valence-corrected chi connectivity index (χ0v) is 7.58. The van der Waals surface area contributed by atoms with Gasteiger partial charge in [-0.2, -0.15) is 0 Å². The van der Waals surface area contributed by atoms with E-state index in [9.17, 15) is 4.79 Å². The van der Waals surface area contributed by atoms with Crippen LogP contribution in [0.2, 0.25) is 0 Å². The third-order valence-electron chi connectivity index (χ3n) is 2.94. The van der Waals surface area contributed by atoms with Crippen LogP contribution in [0.5, 0.6) is 0 Å². The monoisotopic (exact) mass is 185 g/mol. The standard InChI is InChI=1S/C8H15N3O2/c1-2-4-7-5(11-10-4)3-6(9-7)8(12)13/h4-7,9-11H,2-3H2,1H3,(H,12,13). The third-order valence-corrected chi connectivity index (χ3v) is 2.94. The lowest BCUT2D eigenvalue weighted by molar-refractivity contribution is -0.139. The Hall–Kier alpha value is -0.650. The lowest BCUT2D eigenvalue weighted by Crippen LogP contribution is -2.44. The summed E-state index contributed by atoms with van der Waals surface area (Å²) >= 11 is 0. The first-order valence-electron chi connectivity index (χ1n) is 4.72. The highest BCUT2D eigenvalue weighted by molar-refractivity contribution is 5.74. The quantitative estimate of drug-likeness (QED) is 0.447. The average molecular weight is 185 g/mol. The second-order valence-corrected chi connectivity index (χ2v) is 3.73. The molecule has 2 heterocycles. The summed E-state index contributed by atoms with van der Waals surface area (Å²) in [4.78, 5) is 10.7. The number of rotatable bonds is 2. The Balaban J connectivity index is 2.01. The van der Waals surface area contributed by atoms with Crippen molar-refractivity contribution < 1.29 is 9.90 Å². The molecule has 4 atom stereocenters. The molecule has 0 aromatic rings. The third kappa shape index (κ3) is 1.43. The number of carbonyl (C=O) groups is 1. The molecule has 2 aliphatic rings. The molecule has 2 saturated heterocycles.